The standard InChI is InChI=1S/C25H27F3N6O4S/c1-14-10-19(32-33(14)2)34-22(29-20(35)13-39(3,37)38)21-18(31-34)12-24(30-23(21)36)8-7-16-11-15(4-5-17(16)24)6-9-25(26,27)28/h4-5,10-11H,6-9,12-13H2,1-3H3,(H,29,35)(H,30,36)/t24-/m0/s1. The maximum absolute atomic E-state index is 13.6. The minimum absolute atomic E-state index is 0.0184. The van der Waals surface area contributed by atoms with Crippen molar-refractivity contribution in [1.29, 1.82) is 0 Å². The molecule has 0 saturated heterocycles. The summed E-state index contributed by atoms with van der Waals surface area (Å²) < 4.78 is 64.4. The van der Waals surface area contributed by atoms with E-state index in [0.717, 1.165) is 23.1 Å². The van der Waals surface area contributed by atoms with E-state index in [0.29, 0.717) is 29.9 Å². The zero-order chi connectivity index (χ0) is 28.3. The number of carbonyl (C=O) groups is 2. The molecule has 39 heavy (non-hydrogen) atoms. The highest BCUT2D eigenvalue weighted by atomic mass is 32.2. The molecule has 14 heteroatoms. The molecule has 2 aliphatic rings. The van der Waals surface area contributed by atoms with Gasteiger partial charge < -0.3 is 10.6 Å². The summed E-state index contributed by atoms with van der Waals surface area (Å²) in [4.78, 5) is 26.1. The first-order chi connectivity index (χ1) is 18.1. The second-order valence-corrected chi connectivity index (χ2v) is 12.4. The highest BCUT2D eigenvalue weighted by molar-refractivity contribution is 7.91. The molecule has 2 N–H and O–H groups in total. The van der Waals surface area contributed by atoms with Gasteiger partial charge in [0.1, 0.15) is 11.3 Å². The summed E-state index contributed by atoms with van der Waals surface area (Å²) in [6.07, 6.45) is -2.96. The summed E-state index contributed by atoms with van der Waals surface area (Å²) in [5.41, 5.74) is 2.76. The van der Waals surface area contributed by atoms with Crippen LogP contribution in [-0.2, 0) is 46.5 Å². The van der Waals surface area contributed by atoms with Crippen LogP contribution in [-0.4, -0.2) is 58.0 Å². The summed E-state index contributed by atoms with van der Waals surface area (Å²) >= 11 is 0. The van der Waals surface area contributed by atoms with E-state index in [1.165, 1.54) is 4.68 Å². The Kier molecular flexibility index (Phi) is 6.35. The number of amides is 2. The monoisotopic (exact) mass is 564 g/mol. The number of benzene rings is 1. The molecule has 1 aliphatic heterocycles. The maximum atomic E-state index is 13.6. The van der Waals surface area contributed by atoms with Crippen molar-refractivity contribution < 1.29 is 31.2 Å². The summed E-state index contributed by atoms with van der Waals surface area (Å²) in [7, 11) is -1.91. The Morgan fingerprint density at radius 3 is 2.62 bits per heavy atom. The Morgan fingerprint density at radius 1 is 1.23 bits per heavy atom. The zero-order valence-corrected chi connectivity index (χ0v) is 22.3. The molecule has 1 atom stereocenters. The average Bonchev–Trinajstić information content (AvgIpc) is 3.45. The molecule has 0 radical (unpaired) electrons. The molecule has 208 valence electrons. The van der Waals surface area contributed by atoms with Gasteiger partial charge in [-0.25, -0.2) is 8.42 Å². The second kappa shape index (κ2) is 9.21. The fourth-order valence-electron chi connectivity index (χ4n) is 5.33. The summed E-state index contributed by atoms with van der Waals surface area (Å²) in [5, 5.41) is 14.6. The fraction of sp³-hybridized carbons (Fsp3) is 0.440. The van der Waals surface area contributed by atoms with Gasteiger partial charge in [-0.3, -0.25) is 14.3 Å². The molecule has 3 heterocycles. The van der Waals surface area contributed by atoms with E-state index in [-0.39, 0.29) is 24.2 Å². The summed E-state index contributed by atoms with van der Waals surface area (Å²) in [6, 6.07) is 6.91. The minimum Gasteiger partial charge on any atom is -0.342 e. The molecule has 1 aliphatic carbocycles. The van der Waals surface area contributed by atoms with Crippen LogP contribution in [0.15, 0.2) is 24.3 Å². The van der Waals surface area contributed by atoms with E-state index in [2.05, 4.69) is 20.8 Å². The number of fused-ring (bicyclic) bond motifs is 3. The van der Waals surface area contributed by atoms with Crippen LogP contribution < -0.4 is 10.6 Å². The lowest BCUT2D eigenvalue weighted by molar-refractivity contribution is -0.134. The normalized spacial score (nSPS) is 18.7. The van der Waals surface area contributed by atoms with E-state index < -0.39 is 45.5 Å². The Morgan fingerprint density at radius 2 is 1.97 bits per heavy atom. The highest BCUT2D eigenvalue weighted by Crippen LogP contribution is 2.44. The zero-order valence-electron chi connectivity index (χ0n) is 21.5. The Labute approximate surface area is 222 Å². The third-order valence-corrected chi connectivity index (χ3v) is 7.97. The predicted molar refractivity (Wildman–Crippen MR) is 135 cm³/mol. The molecule has 0 fully saturated rings. The molecule has 1 spiro atoms. The maximum Gasteiger partial charge on any atom is 0.389 e. The lowest BCUT2D eigenvalue weighted by Crippen LogP contribution is -2.50. The van der Waals surface area contributed by atoms with Crippen molar-refractivity contribution in [2.45, 2.75) is 50.7 Å². The number of nitrogens with one attached hydrogen (secondary N) is 2. The Bertz CT molecular complexity index is 1590. The van der Waals surface area contributed by atoms with Gasteiger partial charge in [0.15, 0.2) is 21.5 Å². The number of sulfone groups is 1. The molecule has 1 aromatic carbocycles. The Hall–Kier alpha value is -3.68. The number of anilines is 1. The highest BCUT2D eigenvalue weighted by Gasteiger charge is 2.47. The molecule has 2 aromatic heterocycles. The fourth-order valence-corrected chi connectivity index (χ4v) is 5.88. The van der Waals surface area contributed by atoms with Crippen molar-refractivity contribution in [3.8, 4) is 5.82 Å². The average molecular weight is 565 g/mol. The van der Waals surface area contributed by atoms with Gasteiger partial charge in [0.05, 0.1) is 11.2 Å². The molecule has 0 saturated carbocycles. The predicted octanol–water partition coefficient (Wildman–Crippen LogP) is 2.52. The van der Waals surface area contributed by atoms with Gasteiger partial charge in [-0.2, -0.15) is 28.1 Å². The van der Waals surface area contributed by atoms with Crippen molar-refractivity contribution in [3.05, 3.63) is 57.9 Å². The van der Waals surface area contributed by atoms with E-state index in [9.17, 15) is 31.2 Å². The minimum atomic E-state index is -4.24. The number of aromatic nitrogens is 4. The third-order valence-electron chi connectivity index (χ3n) is 7.18. The first kappa shape index (κ1) is 26.9. The van der Waals surface area contributed by atoms with Crippen LogP contribution in [0, 0.1) is 6.92 Å². The number of alkyl halides is 3. The third kappa shape index (κ3) is 5.29. The summed E-state index contributed by atoms with van der Waals surface area (Å²) in [5.74, 6) is -1.74. The van der Waals surface area contributed by atoms with Crippen LogP contribution in [0.5, 0.6) is 0 Å². The van der Waals surface area contributed by atoms with Crippen molar-refractivity contribution in [2.75, 3.05) is 17.3 Å². The first-order valence-corrected chi connectivity index (χ1v) is 14.3. The van der Waals surface area contributed by atoms with Crippen LogP contribution in [0.2, 0.25) is 0 Å². The molecule has 3 aromatic rings. The number of hydrogen-bond donors (Lipinski definition) is 2. The van der Waals surface area contributed by atoms with Crippen molar-refractivity contribution >= 4 is 27.5 Å². The Balaban J connectivity index is 1.52. The lowest BCUT2D eigenvalue weighted by atomic mass is 9.82. The van der Waals surface area contributed by atoms with Gasteiger partial charge in [-0.15, -0.1) is 0 Å². The number of aryl methyl sites for hydroxylation is 4. The van der Waals surface area contributed by atoms with Crippen LogP contribution in [0.3, 0.4) is 0 Å². The molecule has 0 unspecified atom stereocenters. The summed E-state index contributed by atoms with van der Waals surface area (Å²) in [6.45, 7) is 1.82. The first-order valence-electron chi connectivity index (χ1n) is 12.3. The largest absolute Gasteiger partial charge is 0.389 e. The van der Waals surface area contributed by atoms with E-state index in [4.69, 9.17) is 0 Å². The van der Waals surface area contributed by atoms with Crippen molar-refractivity contribution in [1.82, 2.24) is 24.9 Å². The van der Waals surface area contributed by atoms with Crippen LogP contribution in [0.1, 0.15) is 51.3 Å². The van der Waals surface area contributed by atoms with Gasteiger partial charge in [-0.1, -0.05) is 18.2 Å². The SMILES string of the molecule is Cc1cc(-n2nc3c(c2NC(=O)CS(C)(=O)=O)C(=O)N[C@@]2(CCc4cc(CCC(F)(F)F)ccc42)C3)nn1C. The molecule has 10 nitrogen and oxygen atoms in total. The van der Waals surface area contributed by atoms with Gasteiger partial charge in [0, 0.05) is 37.9 Å². The van der Waals surface area contributed by atoms with Crippen molar-refractivity contribution in [2.24, 2.45) is 7.05 Å². The topological polar surface area (TPSA) is 128 Å². The molecular weight excluding hydrogens is 537 g/mol. The van der Waals surface area contributed by atoms with E-state index >= 15 is 0 Å². The van der Waals surface area contributed by atoms with Gasteiger partial charge in [-0.05, 0) is 42.9 Å². The van der Waals surface area contributed by atoms with Gasteiger partial charge in [0.2, 0.25) is 5.91 Å². The van der Waals surface area contributed by atoms with E-state index in [1.807, 2.05) is 6.92 Å². The number of carbonyl (C=O) groups excluding carboxylic acids is 2. The van der Waals surface area contributed by atoms with Crippen LogP contribution >= 0.6 is 0 Å². The second-order valence-electron chi connectivity index (χ2n) is 10.3. The number of nitrogens with zero attached hydrogens (tertiary/aromatic N) is 4. The molecule has 0 bridgehead atoms. The van der Waals surface area contributed by atoms with Crippen LogP contribution in [0.25, 0.3) is 5.82 Å². The number of hydrogen-bond acceptors (Lipinski definition) is 6. The molecular formula is C25H27F3N6O4S. The van der Waals surface area contributed by atoms with Gasteiger partial charge >= 0.3 is 6.18 Å². The van der Waals surface area contributed by atoms with Crippen LogP contribution in [0.4, 0.5) is 19.0 Å². The molecule has 2 amide bonds. The quantitative estimate of drug-likeness (QED) is 0.474. The van der Waals surface area contributed by atoms with E-state index in [1.54, 1.807) is 36.0 Å². The smallest absolute Gasteiger partial charge is 0.342 e. The number of halogens is 3. The van der Waals surface area contributed by atoms with Crippen molar-refractivity contribution in [3.63, 3.8) is 0 Å². The lowest BCUT2D eigenvalue weighted by Gasteiger charge is -2.35. The molecule has 5 rings (SSSR count). The number of rotatable bonds is 6. The van der Waals surface area contributed by atoms with Gasteiger partial charge in [0.25, 0.3) is 5.91 Å².